The van der Waals surface area contributed by atoms with Crippen LogP contribution in [-0.2, 0) is 35.2 Å². The second kappa shape index (κ2) is 14.8. The first-order valence-electron chi connectivity index (χ1n) is 12.6. The number of hydrogen-bond acceptors (Lipinski definition) is 10. The van der Waals surface area contributed by atoms with E-state index in [1.165, 1.54) is 69.7 Å². The summed E-state index contributed by atoms with van der Waals surface area (Å²) in [5.74, 6) is -5.17. The fourth-order valence-electron chi connectivity index (χ4n) is 3.52. The van der Waals surface area contributed by atoms with Gasteiger partial charge in [-0.05, 0) is 61.0 Å². The number of rotatable bonds is 13. The molecule has 3 aromatic carbocycles. The van der Waals surface area contributed by atoms with Crippen molar-refractivity contribution in [3.63, 3.8) is 0 Å². The van der Waals surface area contributed by atoms with E-state index in [0.29, 0.717) is 17.1 Å². The zero-order valence-corrected chi connectivity index (χ0v) is 23.0. The second-order valence-electron chi connectivity index (χ2n) is 8.77. The van der Waals surface area contributed by atoms with Crippen LogP contribution >= 0.6 is 0 Å². The molecule has 3 rings (SSSR count). The Kier molecular flexibility index (Phi) is 11.0. The number of esters is 3. The predicted octanol–water partition coefficient (Wildman–Crippen LogP) is 2.79. The number of carboxylic acids is 1. The summed E-state index contributed by atoms with van der Waals surface area (Å²) in [6.45, 7) is 1.22. The lowest BCUT2D eigenvalue weighted by molar-refractivity contribution is -0.160. The molecule has 12 heteroatoms. The third kappa shape index (κ3) is 8.55. The number of benzene rings is 3. The van der Waals surface area contributed by atoms with Crippen molar-refractivity contribution in [1.82, 2.24) is 5.32 Å². The number of nitrogens with one attached hydrogen (secondary N) is 1. The molecule has 0 saturated heterocycles. The van der Waals surface area contributed by atoms with Crippen molar-refractivity contribution >= 4 is 29.8 Å². The number of carboxylic acid groups (broad SMARTS) is 1. The molecule has 42 heavy (non-hydrogen) atoms. The Morgan fingerprint density at radius 3 is 1.64 bits per heavy atom. The number of carbonyl (C=O) groups excluding carboxylic acids is 4. The maximum absolute atomic E-state index is 13.3. The molecule has 0 aromatic heterocycles. The predicted molar refractivity (Wildman–Crippen MR) is 146 cm³/mol. The molecule has 0 radical (unpaired) electrons. The van der Waals surface area contributed by atoms with Gasteiger partial charge in [-0.1, -0.05) is 30.3 Å². The SMILES string of the molecule is COc1ccc(C(=O)OC(C(=O)O)C(OC(=O)c2ccc(OC)cc2)C(=O)NC(C)C(=O)OCc2ccccc2)cc1. The molecule has 2 N–H and O–H groups in total. The van der Waals surface area contributed by atoms with E-state index in [0.717, 1.165) is 0 Å². The Morgan fingerprint density at radius 1 is 0.714 bits per heavy atom. The summed E-state index contributed by atoms with van der Waals surface area (Å²) < 4.78 is 25.7. The summed E-state index contributed by atoms with van der Waals surface area (Å²) >= 11 is 0. The van der Waals surface area contributed by atoms with Crippen molar-refractivity contribution in [2.75, 3.05) is 14.2 Å². The van der Waals surface area contributed by atoms with Gasteiger partial charge < -0.3 is 34.1 Å². The number of aliphatic carboxylic acids is 1. The van der Waals surface area contributed by atoms with E-state index in [9.17, 15) is 29.1 Å². The summed E-state index contributed by atoms with van der Waals surface area (Å²) in [5, 5.41) is 12.2. The molecular formula is C30H29NO11. The van der Waals surface area contributed by atoms with E-state index in [1.54, 1.807) is 30.3 Å². The minimum atomic E-state index is -2.28. The first-order valence-corrected chi connectivity index (χ1v) is 12.6. The van der Waals surface area contributed by atoms with Gasteiger partial charge in [0.05, 0.1) is 25.3 Å². The highest BCUT2D eigenvalue weighted by atomic mass is 16.6. The van der Waals surface area contributed by atoms with E-state index in [2.05, 4.69) is 5.32 Å². The molecule has 12 nitrogen and oxygen atoms in total. The summed E-state index contributed by atoms with van der Waals surface area (Å²) in [4.78, 5) is 63.7. The molecular weight excluding hydrogens is 550 g/mol. The van der Waals surface area contributed by atoms with E-state index in [4.69, 9.17) is 23.7 Å². The smallest absolute Gasteiger partial charge is 0.349 e. The highest BCUT2D eigenvalue weighted by molar-refractivity contribution is 5.97. The van der Waals surface area contributed by atoms with Gasteiger partial charge in [-0.15, -0.1) is 0 Å². The van der Waals surface area contributed by atoms with Crippen LogP contribution in [0.1, 0.15) is 33.2 Å². The highest BCUT2D eigenvalue weighted by Gasteiger charge is 2.42. The first kappa shape index (κ1) is 31.1. The summed E-state index contributed by atoms with van der Waals surface area (Å²) in [6.07, 6.45) is -4.47. The van der Waals surface area contributed by atoms with Gasteiger partial charge in [0.1, 0.15) is 24.1 Å². The van der Waals surface area contributed by atoms with Gasteiger partial charge in [-0.2, -0.15) is 0 Å². The van der Waals surface area contributed by atoms with Crippen LogP contribution < -0.4 is 14.8 Å². The quantitative estimate of drug-likeness (QED) is 0.226. The molecule has 0 heterocycles. The van der Waals surface area contributed by atoms with Gasteiger partial charge in [0.25, 0.3) is 5.91 Å². The molecule has 1 amide bonds. The van der Waals surface area contributed by atoms with Crippen molar-refractivity contribution in [2.45, 2.75) is 31.8 Å². The van der Waals surface area contributed by atoms with Crippen molar-refractivity contribution in [1.29, 1.82) is 0 Å². The first-order chi connectivity index (χ1) is 20.1. The van der Waals surface area contributed by atoms with Crippen LogP contribution in [0.15, 0.2) is 78.9 Å². The molecule has 3 unspecified atom stereocenters. The minimum Gasteiger partial charge on any atom is -0.497 e. The second-order valence-corrected chi connectivity index (χ2v) is 8.77. The van der Waals surface area contributed by atoms with Crippen LogP contribution in [0.5, 0.6) is 11.5 Å². The number of methoxy groups -OCH3 is 2. The standard InChI is InChI=1S/C30H29NO11/c1-18(28(35)40-17-19-7-5-4-6-8-19)31-26(32)24(41-29(36)20-9-13-22(38-2)14-10-20)25(27(33)34)42-30(37)21-11-15-23(39-3)16-12-21/h4-16,18,24-25H,17H2,1-3H3,(H,31,32)(H,33,34). The molecule has 0 aliphatic carbocycles. The van der Waals surface area contributed by atoms with Gasteiger partial charge >= 0.3 is 23.9 Å². The lowest BCUT2D eigenvalue weighted by Crippen LogP contribution is -2.53. The van der Waals surface area contributed by atoms with Crippen LogP contribution in [0.3, 0.4) is 0 Å². The van der Waals surface area contributed by atoms with E-state index in [-0.39, 0.29) is 17.7 Å². The van der Waals surface area contributed by atoms with Crippen LogP contribution in [-0.4, -0.2) is 67.4 Å². The largest absolute Gasteiger partial charge is 0.497 e. The van der Waals surface area contributed by atoms with Gasteiger partial charge in [-0.3, -0.25) is 4.79 Å². The van der Waals surface area contributed by atoms with Gasteiger partial charge in [0, 0.05) is 0 Å². The molecule has 0 spiro atoms. The highest BCUT2D eigenvalue weighted by Crippen LogP contribution is 2.18. The molecule has 3 aromatic rings. The Hall–Kier alpha value is -5.39. The lowest BCUT2D eigenvalue weighted by Gasteiger charge is -2.25. The van der Waals surface area contributed by atoms with Crippen LogP contribution in [0.2, 0.25) is 0 Å². The molecule has 0 aliphatic rings. The summed E-state index contributed by atoms with van der Waals surface area (Å²) in [5.41, 5.74) is 0.599. The molecule has 0 fully saturated rings. The Balaban J connectivity index is 1.81. The van der Waals surface area contributed by atoms with E-state index in [1.807, 2.05) is 0 Å². The van der Waals surface area contributed by atoms with E-state index < -0.39 is 48.0 Å². The van der Waals surface area contributed by atoms with E-state index >= 15 is 0 Å². The third-order valence-corrected chi connectivity index (χ3v) is 5.83. The number of ether oxygens (including phenoxy) is 5. The summed E-state index contributed by atoms with van der Waals surface area (Å²) in [7, 11) is 2.85. The van der Waals surface area contributed by atoms with Crippen molar-refractivity contribution in [3.05, 3.63) is 95.6 Å². The van der Waals surface area contributed by atoms with Crippen LogP contribution in [0.4, 0.5) is 0 Å². The zero-order chi connectivity index (χ0) is 30.6. The average molecular weight is 580 g/mol. The van der Waals surface area contributed by atoms with Gasteiger partial charge in [-0.25, -0.2) is 19.2 Å². The maximum atomic E-state index is 13.3. The average Bonchev–Trinajstić information content (AvgIpc) is 3.01. The topological polar surface area (TPSA) is 164 Å². The molecule has 0 saturated carbocycles. The summed E-state index contributed by atoms with van der Waals surface area (Å²) in [6, 6.07) is 18.6. The van der Waals surface area contributed by atoms with Gasteiger partial charge in [0.2, 0.25) is 12.2 Å². The number of carbonyl (C=O) groups is 5. The minimum absolute atomic E-state index is 0.0467. The Bertz CT molecular complexity index is 1390. The molecule has 220 valence electrons. The van der Waals surface area contributed by atoms with Crippen LogP contribution in [0, 0.1) is 0 Å². The zero-order valence-electron chi connectivity index (χ0n) is 23.0. The Morgan fingerprint density at radius 2 is 1.19 bits per heavy atom. The number of amides is 1. The molecule has 3 atom stereocenters. The third-order valence-electron chi connectivity index (χ3n) is 5.83. The maximum Gasteiger partial charge on any atom is 0.349 e. The molecule has 0 bridgehead atoms. The Labute approximate surface area is 241 Å². The lowest BCUT2D eigenvalue weighted by atomic mass is 10.1. The van der Waals surface area contributed by atoms with Crippen LogP contribution in [0.25, 0.3) is 0 Å². The number of hydrogen-bond donors (Lipinski definition) is 2. The molecule has 0 aliphatic heterocycles. The fourth-order valence-corrected chi connectivity index (χ4v) is 3.52. The normalized spacial score (nSPS) is 12.5. The monoisotopic (exact) mass is 579 g/mol. The fraction of sp³-hybridized carbons (Fsp3) is 0.233. The van der Waals surface area contributed by atoms with Crippen molar-refractivity contribution in [2.24, 2.45) is 0 Å². The van der Waals surface area contributed by atoms with Crippen molar-refractivity contribution in [3.8, 4) is 11.5 Å². The van der Waals surface area contributed by atoms with Crippen molar-refractivity contribution < 1.29 is 52.8 Å². The van der Waals surface area contributed by atoms with Gasteiger partial charge in [0.15, 0.2) is 0 Å².